The van der Waals surface area contributed by atoms with E-state index in [1.54, 1.807) is 0 Å². The van der Waals surface area contributed by atoms with E-state index in [-0.39, 0.29) is 18.1 Å². The zero-order chi connectivity index (χ0) is 9.42. The van der Waals surface area contributed by atoms with E-state index in [0.29, 0.717) is 5.92 Å². The van der Waals surface area contributed by atoms with Gasteiger partial charge in [-0.2, -0.15) is 0 Å². The molecule has 0 aromatic carbocycles. The van der Waals surface area contributed by atoms with Crippen molar-refractivity contribution >= 4 is 5.91 Å². The largest absolute Gasteiger partial charge is 0.358 e. The van der Waals surface area contributed by atoms with Gasteiger partial charge in [0.15, 0.2) is 0 Å². The minimum atomic E-state index is 0.1000. The number of amides is 1. The van der Waals surface area contributed by atoms with E-state index in [9.17, 15) is 4.79 Å². The van der Waals surface area contributed by atoms with Crippen molar-refractivity contribution in [1.29, 1.82) is 0 Å². The smallest absolute Gasteiger partial charge is 0.227 e. The lowest BCUT2D eigenvalue weighted by molar-refractivity contribution is -0.143. The van der Waals surface area contributed by atoms with Crippen LogP contribution in [0.25, 0.3) is 0 Å². The molecule has 2 aliphatic heterocycles. The van der Waals surface area contributed by atoms with Crippen LogP contribution in [0.15, 0.2) is 0 Å². The number of rotatable bonds is 1. The molecular formula is C10H17NO2. The normalized spacial score (nSPS) is 32.7. The molecule has 13 heavy (non-hydrogen) atoms. The molecule has 0 aromatic heterocycles. The quantitative estimate of drug-likeness (QED) is 0.612. The van der Waals surface area contributed by atoms with E-state index < -0.39 is 0 Å². The lowest BCUT2D eigenvalue weighted by Crippen LogP contribution is -2.39. The van der Waals surface area contributed by atoms with Gasteiger partial charge in [-0.05, 0) is 12.8 Å². The summed E-state index contributed by atoms with van der Waals surface area (Å²) >= 11 is 0. The molecule has 74 valence electrons. The summed E-state index contributed by atoms with van der Waals surface area (Å²) in [4.78, 5) is 13.7. The number of hydrogen-bond donors (Lipinski definition) is 0. The third kappa shape index (κ3) is 1.46. The second kappa shape index (κ2) is 3.29. The molecule has 2 saturated heterocycles. The van der Waals surface area contributed by atoms with E-state index in [2.05, 4.69) is 0 Å². The second-order valence-corrected chi connectivity index (χ2v) is 4.29. The molecule has 0 aromatic rings. The molecule has 2 fully saturated rings. The molecule has 0 radical (unpaired) electrons. The highest BCUT2D eigenvalue weighted by molar-refractivity contribution is 5.78. The zero-order valence-corrected chi connectivity index (χ0v) is 8.32. The van der Waals surface area contributed by atoms with Crippen LogP contribution in [0, 0.1) is 11.8 Å². The third-order valence-electron chi connectivity index (χ3n) is 3.01. The number of carbonyl (C=O) groups is 1. The Bertz CT molecular complexity index is 215. The third-order valence-corrected chi connectivity index (χ3v) is 3.01. The summed E-state index contributed by atoms with van der Waals surface area (Å²) < 4.78 is 5.57. The Hall–Kier alpha value is -0.570. The van der Waals surface area contributed by atoms with Crippen molar-refractivity contribution in [3.05, 3.63) is 0 Å². The minimum absolute atomic E-state index is 0.1000. The van der Waals surface area contributed by atoms with Gasteiger partial charge in [-0.3, -0.25) is 4.79 Å². The standard InChI is InChI=1S/C10H17NO2/c1-7(2)9(12)11-5-3-8-4-6-13-10(8)11/h7-8,10H,3-6H2,1-2H3. The van der Waals surface area contributed by atoms with Crippen molar-refractivity contribution in [2.75, 3.05) is 13.2 Å². The van der Waals surface area contributed by atoms with Crippen LogP contribution in [-0.4, -0.2) is 30.2 Å². The van der Waals surface area contributed by atoms with Gasteiger partial charge in [0.25, 0.3) is 0 Å². The van der Waals surface area contributed by atoms with Crippen LogP contribution in [0.1, 0.15) is 26.7 Å². The number of likely N-dealkylation sites (tertiary alicyclic amines) is 1. The van der Waals surface area contributed by atoms with Crippen LogP contribution in [0.3, 0.4) is 0 Å². The van der Waals surface area contributed by atoms with Crippen molar-refractivity contribution in [2.24, 2.45) is 11.8 Å². The summed E-state index contributed by atoms with van der Waals surface area (Å²) in [6.07, 6.45) is 2.37. The second-order valence-electron chi connectivity index (χ2n) is 4.29. The summed E-state index contributed by atoms with van der Waals surface area (Å²) in [5.74, 6) is 0.958. The highest BCUT2D eigenvalue weighted by atomic mass is 16.5. The molecule has 0 spiro atoms. The van der Waals surface area contributed by atoms with Crippen molar-refractivity contribution in [3.63, 3.8) is 0 Å². The molecular weight excluding hydrogens is 166 g/mol. The first-order valence-electron chi connectivity index (χ1n) is 5.12. The molecule has 0 N–H and O–H groups in total. The first kappa shape index (κ1) is 9.00. The van der Waals surface area contributed by atoms with E-state index in [4.69, 9.17) is 4.74 Å². The first-order chi connectivity index (χ1) is 6.20. The van der Waals surface area contributed by atoms with E-state index in [0.717, 1.165) is 26.0 Å². The minimum Gasteiger partial charge on any atom is -0.358 e. The van der Waals surface area contributed by atoms with Crippen LogP contribution in [-0.2, 0) is 9.53 Å². The Labute approximate surface area is 79.0 Å². The van der Waals surface area contributed by atoms with E-state index >= 15 is 0 Å². The summed E-state index contributed by atoms with van der Waals surface area (Å²) in [7, 11) is 0. The fourth-order valence-corrected chi connectivity index (χ4v) is 2.25. The Kier molecular flexibility index (Phi) is 2.28. The van der Waals surface area contributed by atoms with Gasteiger partial charge in [0.2, 0.25) is 5.91 Å². The van der Waals surface area contributed by atoms with Gasteiger partial charge in [0, 0.05) is 25.0 Å². The van der Waals surface area contributed by atoms with Crippen LogP contribution in [0.2, 0.25) is 0 Å². The van der Waals surface area contributed by atoms with Gasteiger partial charge in [-0.25, -0.2) is 0 Å². The zero-order valence-electron chi connectivity index (χ0n) is 8.32. The molecule has 3 nitrogen and oxygen atoms in total. The number of carbonyl (C=O) groups excluding carboxylic acids is 1. The first-order valence-corrected chi connectivity index (χ1v) is 5.12. The predicted molar refractivity (Wildman–Crippen MR) is 49.0 cm³/mol. The number of fused-ring (bicyclic) bond motifs is 1. The highest BCUT2D eigenvalue weighted by Crippen LogP contribution is 2.33. The Morgan fingerprint density at radius 2 is 2.23 bits per heavy atom. The van der Waals surface area contributed by atoms with Gasteiger partial charge in [0.05, 0.1) is 0 Å². The molecule has 0 aliphatic carbocycles. The van der Waals surface area contributed by atoms with E-state index in [1.807, 2.05) is 18.7 Å². The molecule has 2 atom stereocenters. The summed E-state index contributed by atoms with van der Waals surface area (Å²) in [6.45, 7) is 5.62. The lowest BCUT2D eigenvalue weighted by atomic mass is 10.1. The Morgan fingerprint density at radius 1 is 1.46 bits per heavy atom. The summed E-state index contributed by atoms with van der Waals surface area (Å²) in [5, 5.41) is 0. The van der Waals surface area contributed by atoms with Gasteiger partial charge < -0.3 is 9.64 Å². The lowest BCUT2D eigenvalue weighted by Gasteiger charge is -2.24. The van der Waals surface area contributed by atoms with Crippen molar-refractivity contribution in [1.82, 2.24) is 4.90 Å². The van der Waals surface area contributed by atoms with Gasteiger partial charge >= 0.3 is 0 Å². The maximum Gasteiger partial charge on any atom is 0.227 e. The maximum atomic E-state index is 11.7. The maximum absolute atomic E-state index is 11.7. The van der Waals surface area contributed by atoms with Crippen molar-refractivity contribution in [3.8, 4) is 0 Å². The summed E-state index contributed by atoms with van der Waals surface area (Å²) in [6, 6.07) is 0. The fourth-order valence-electron chi connectivity index (χ4n) is 2.25. The van der Waals surface area contributed by atoms with Crippen LogP contribution < -0.4 is 0 Å². The molecule has 0 bridgehead atoms. The van der Waals surface area contributed by atoms with E-state index in [1.165, 1.54) is 0 Å². The van der Waals surface area contributed by atoms with Crippen molar-refractivity contribution < 1.29 is 9.53 Å². The number of hydrogen-bond acceptors (Lipinski definition) is 2. The average molecular weight is 183 g/mol. The van der Waals surface area contributed by atoms with Gasteiger partial charge in [0.1, 0.15) is 6.23 Å². The topological polar surface area (TPSA) is 29.5 Å². The molecule has 2 rings (SSSR count). The van der Waals surface area contributed by atoms with Crippen LogP contribution in [0.5, 0.6) is 0 Å². The highest BCUT2D eigenvalue weighted by Gasteiger charge is 2.41. The fraction of sp³-hybridized carbons (Fsp3) is 0.900. The number of ether oxygens (including phenoxy) is 1. The molecule has 2 heterocycles. The average Bonchev–Trinajstić information content (AvgIpc) is 2.61. The summed E-state index contributed by atoms with van der Waals surface area (Å²) in [5.41, 5.74) is 0. The predicted octanol–water partition coefficient (Wildman–Crippen LogP) is 1.24. The molecule has 3 heteroatoms. The monoisotopic (exact) mass is 183 g/mol. The molecule has 1 amide bonds. The van der Waals surface area contributed by atoms with Crippen LogP contribution >= 0.6 is 0 Å². The Balaban J connectivity index is 2.04. The molecule has 2 aliphatic rings. The van der Waals surface area contributed by atoms with Crippen molar-refractivity contribution in [2.45, 2.75) is 32.9 Å². The number of nitrogens with zero attached hydrogens (tertiary/aromatic N) is 1. The molecule has 2 unspecified atom stereocenters. The SMILES string of the molecule is CC(C)C(=O)N1CCC2CCOC21. The van der Waals surface area contributed by atoms with Gasteiger partial charge in [-0.15, -0.1) is 0 Å². The van der Waals surface area contributed by atoms with Crippen LogP contribution in [0.4, 0.5) is 0 Å². The Morgan fingerprint density at radius 3 is 2.92 bits per heavy atom. The molecule has 0 saturated carbocycles. The van der Waals surface area contributed by atoms with Gasteiger partial charge in [-0.1, -0.05) is 13.8 Å².